The number of benzene rings is 1. The first-order valence-electron chi connectivity index (χ1n) is 9.27. The Balaban J connectivity index is 1.58. The molecule has 2 aliphatic rings. The van der Waals surface area contributed by atoms with E-state index in [0.29, 0.717) is 60.4 Å². The SMILES string of the molecule is CC1=C(c2cccc(Cl)c2)S(=O)(=O)N=C1N1CCCN(C(=O)c2ccco2)CC1. The molecular weight excluding hydrogens is 414 g/mol. The fourth-order valence-electron chi connectivity index (χ4n) is 3.70. The number of rotatable bonds is 2. The maximum atomic E-state index is 12.8. The van der Waals surface area contributed by atoms with Crippen LogP contribution in [0, 0.1) is 0 Å². The van der Waals surface area contributed by atoms with Gasteiger partial charge in [0.1, 0.15) is 10.7 Å². The lowest BCUT2D eigenvalue weighted by atomic mass is 10.1. The van der Waals surface area contributed by atoms with Gasteiger partial charge in [-0.3, -0.25) is 4.79 Å². The highest BCUT2D eigenvalue weighted by atomic mass is 35.5. The van der Waals surface area contributed by atoms with E-state index < -0.39 is 10.0 Å². The maximum Gasteiger partial charge on any atom is 0.289 e. The summed E-state index contributed by atoms with van der Waals surface area (Å²) in [5.41, 5.74) is 1.12. The fraction of sp³-hybridized carbons (Fsp3) is 0.300. The molecule has 0 atom stereocenters. The molecule has 1 amide bonds. The van der Waals surface area contributed by atoms with Crippen LogP contribution in [-0.2, 0) is 10.0 Å². The number of amidine groups is 1. The molecule has 3 heterocycles. The van der Waals surface area contributed by atoms with Crippen molar-refractivity contribution in [1.82, 2.24) is 9.80 Å². The number of hydrogen-bond acceptors (Lipinski definition) is 5. The molecule has 0 radical (unpaired) electrons. The summed E-state index contributed by atoms with van der Waals surface area (Å²) in [5, 5.41) is 0.466. The Bertz CT molecular complexity index is 1110. The quantitative estimate of drug-likeness (QED) is 0.725. The summed E-state index contributed by atoms with van der Waals surface area (Å²) in [6.07, 6.45) is 2.17. The van der Waals surface area contributed by atoms with Gasteiger partial charge in [-0.1, -0.05) is 23.7 Å². The topological polar surface area (TPSA) is 83.2 Å². The molecule has 0 saturated carbocycles. The van der Waals surface area contributed by atoms with Crippen LogP contribution >= 0.6 is 11.6 Å². The minimum Gasteiger partial charge on any atom is -0.459 e. The van der Waals surface area contributed by atoms with Gasteiger partial charge in [0.25, 0.3) is 15.9 Å². The monoisotopic (exact) mass is 433 g/mol. The highest BCUT2D eigenvalue weighted by Crippen LogP contribution is 2.34. The number of nitrogens with zero attached hydrogens (tertiary/aromatic N) is 3. The van der Waals surface area contributed by atoms with Crippen LogP contribution in [0.2, 0.25) is 5.02 Å². The summed E-state index contributed by atoms with van der Waals surface area (Å²) in [7, 11) is -3.81. The minimum atomic E-state index is -3.81. The zero-order valence-corrected chi connectivity index (χ0v) is 17.4. The number of hydrogen-bond donors (Lipinski definition) is 0. The van der Waals surface area contributed by atoms with Crippen molar-refractivity contribution >= 4 is 38.3 Å². The Labute approximate surface area is 174 Å². The van der Waals surface area contributed by atoms with Crippen molar-refractivity contribution in [2.45, 2.75) is 13.3 Å². The summed E-state index contributed by atoms with van der Waals surface area (Å²) in [6.45, 7) is 3.88. The Morgan fingerprint density at radius 2 is 1.97 bits per heavy atom. The molecule has 1 aromatic heterocycles. The maximum absolute atomic E-state index is 12.8. The smallest absolute Gasteiger partial charge is 0.289 e. The first-order chi connectivity index (χ1) is 13.9. The van der Waals surface area contributed by atoms with E-state index in [-0.39, 0.29) is 10.8 Å². The number of halogens is 1. The lowest BCUT2D eigenvalue weighted by Crippen LogP contribution is -2.37. The summed E-state index contributed by atoms with van der Waals surface area (Å²) < 4.78 is 34.8. The molecule has 2 aliphatic heterocycles. The Morgan fingerprint density at radius 1 is 1.14 bits per heavy atom. The number of amides is 1. The van der Waals surface area contributed by atoms with Gasteiger partial charge in [0.2, 0.25) is 0 Å². The predicted octanol–water partition coefficient (Wildman–Crippen LogP) is 3.25. The molecule has 0 bridgehead atoms. The molecule has 0 N–H and O–H groups in total. The van der Waals surface area contributed by atoms with Crippen LogP contribution in [0.5, 0.6) is 0 Å². The average molecular weight is 434 g/mol. The molecule has 0 unspecified atom stereocenters. The molecule has 2 aromatic rings. The molecule has 1 fully saturated rings. The summed E-state index contributed by atoms with van der Waals surface area (Å²) in [6, 6.07) is 10.1. The van der Waals surface area contributed by atoms with E-state index in [2.05, 4.69) is 4.40 Å². The van der Waals surface area contributed by atoms with Crippen molar-refractivity contribution < 1.29 is 17.6 Å². The van der Waals surface area contributed by atoms with E-state index in [1.807, 2.05) is 4.90 Å². The third-order valence-electron chi connectivity index (χ3n) is 5.04. The van der Waals surface area contributed by atoms with Crippen LogP contribution in [0.1, 0.15) is 29.5 Å². The molecule has 0 aliphatic carbocycles. The van der Waals surface area contributed by atoms with Gasteiger partial charge in [0.15, 0.2) is 5.76 Å². The van der Waals surface area contributed by atoms with Crippen LogP contribution in [0.4, 0.5) is 0 Å². The van der Waals surface area contributed by atoms with Crippen LogP contribution in [0.25, 0.3) is 4.91 Å². The number of furan rings is 1. The van der Waals surface area contributed by atoms with Gasteiger partial charge in [-0.15, -0.1) is 4.40 Å². The van der Waals surface area contributed by atoms with Crippen LogP contribution in [0.3, 0.4) is 0 Å². The van der Waals surface area contributed by atoms with Gasteiger partial charge in [-0.2, -0.15) is 8.42 Å². The molecule has 29 heavy (non-hydrogen) atoms. The summed E-state index contributed by atoms with van der Waals surface area (Å²) >= 11 is 6.05. The molecule has 7 nitrogen and oxygen atoms in total. The number of carbonyl (C=O) groups is 1. The third-order valence-corrected chi connectivity index (χ3v) is 6.75. The number of carbonyl (C=O) groups excluding carboxylic acids is 1. The Hall–Kier alpha value is -2.58. The summed E-state index contributed by atoms with van der Waals surface area (Å²) in [5.74, 6) is 0.579. The van der Waals surface area contributed by atoms with Crippen molar-refractivity contribution in [1.29, 1.82) is 0 Å². The first kappa shape index (κ1) is 19.7. The highest BCUT2D eigenvalue weighted by molar-refractivity contribution is 8.00. The van der Waals surface area contributed by atoms with Crippen molar-refractivity contribution in [3.05, 3.63) is 64.6 Å². The van der Waals surface area contributed by atoms with Crippen LogP contribution < -0.4 is 0 Å². The summed E-state index contributed by atoms with van der Waals surface area (Å²) in [4.78, 5) is 16.4. The zero-order valence-electron chi connectivity index (χ0n) is 15.8. The largest absolute Gasteiger partial charge is 0.459 e. The van der Waals surface area contributed by atoms with Gasteiger partial charge in [-0.05, 0) is 43.2 Å². The highest BCUT2D eigenvalue weighted by Gasteiger charge is 2.34. The molecule has 152 valence electrons. The molecule has 4 rings (SSSR count). The van der Waals surface area contributed by atoms with E-state index in [9.17, 15) is 13.2 Å². The Morgan fingerprint density at radius 3 is 2.69 bits per heavy atom. The lowest BCUT2D eigenvalue weighted by Gasteiger charge is -2.23. The van der Waals surface area contributed by atoms with Gasteiger partial charge in [-0.25, -0.2) is 0 Å². The lowest BCUT2D eigenvalue weighted by molar-refractivity contribution is 0.0732. The molecule has 1 aromatic carbocycles. The van der Waals surface area contributed by atoms with Gasteiger partial charge < -0.3 is 14.2 Å². The van der Waals surface area contributed by atoms with Crippen molar-refractivity contribution in [2.24, 2.45) is 4.40 Å². The second-order valence-electron chi connectivity index (χ2n) is 6.96. The first-order valence-corrected chi connectivity index (χ1v) is 11.1. The van der Waals surface area contributed by atoms with Gasteiger partial charge in [0, 0.05) is 36.8 Å². The molecule has 1 saturated heterocycles. The normalized spacial score (nSPS) is 19.3. The molecular formula is C20H20ClN3O4S. The van der Waals surface area contributed by atoms with Crippen LogP contribution in [0.15, 0.2) is 57.0 Å². The van der Waals surface area contributed by atoms with Crippen molar-refractivity contribution in [3.8, 4) is 0 Å². The average Bonchev–Trinajstić information content (AvgIpc) is 3.20. The van der Waals surface area contributed by atoms with E-state index in [0.717, 1.165) is 0 Å². The zero-order chi connectivity index (χ0) is 20.6. The van der Waals surface area contributed by atoms with Crippen molar-refractivity contribution in [2.75, 3.05) is 26.2 Å². The fourth-order valence-corrected chi connectivity index (χ4v) is 5.37. The van der Waals surface area contributed by atoms with Gasteiger partial charge >= 0.3 is 0 Å². The second-order valence-corrected chi connectivity index (χ2v) is 8.94. The van der Waals surface area contributed by atoms with Crippen molar-refractivity contribution in [3.63, 3.8) is 0 Å². The van der Waals surface area contributed by atoms with Gasteiger partial charge in [0.05, 0.1) is 6.26 Å². The standard InChI is InChI=1S/C20H20ClN3O4S/c1-14-18(15-5-2-6-16(21)13-15)29(26,27)22-19(14)23-8-4-9-24(11-10-23)20(25)17-7-3-12-28-17/h2-3,5-7,12-13H,4,8-11H2,1H3. The van der Waals surface area contributed by atoms with Crippen LogP contribution in [-0.4, -0.2) is 56.1 Å². The van der Waals surface area contributed by atoms with E-state index >= 15 is 0 Å². The molecule has 9 heteroatoms. The Kier molecular flexibility index (Phi) is 5.23. The molecule has 0 spiro atoms. The number of sulfonamides is 1. The third kappa shape index (κ3) is 3.82. The second kappa shape index (κ2) is 7.68. The van der Waals surface area contributed by atoms with E-state index in [1.165, 1.54) is 6.26 Å². The minimum absolute atomic E-state index is 0.162. The predicted molar refractivity (Wildman–Crippen MR) is 111 cm³/mol. The van der Waals surface area contributed by atoms with E-state index in [1.54, 1.807) is 48.2 Å². The van der Waals surface area contributed by atoms with E-state index in [4.69, 9.17) is 16.0 Å².